The number of carbonyl (C=O) groups excluding carboxylic acids is 3. The van der Waals surface area contributed by atoms with Gasteiger partial charge >= 0.3 is 6.03 Å². The number of amides is 4. The molecule has 134 valence electrons. The molecule has 2 saturated heterocycles. The maximum atomic E-state index is 12.7. The molecule has 0 aromatic heterocycles. The Morgan fingerprint density at radius 3 is 2.64 bits per heavy atom. The summed E-state index contributed by atoms with van der Waals surface area (Å²) in [5.41, 5.74) is 2.22. The maximum absolute atomic E-state index is 12.7. The Hall–Kier alpha value is -2.28. The lowest BCUT2D eigenvalue weighted by Crippen LogP contribution is -2.55. The summed E-state index contributed by atoms with van der Waals surface area (Å²) in [5, 5.41) is 5.45. The van der Waals surface area contributed by atoms with Gasteiger partial charge in [-0.05, 0) is 31.0 Å². The monoisotopic (exact) mass is 364 g/mol. The maximum Gasteiger partial charge on any atom is 0.322 e. The minimum absolute atomic E-state index is 0.132. The zero-order chi connectivity index (χ0) is 18.0. The molecular weight excluding hydrogens is 344 g/mol. The summed E-state index contributed by atoms with van der Waals surface area (Å²) in [6.07, 6.45) is 0.487. The first kappa shape index (κ1) is 17.5. The van der Waals surface area contributed by atoms with Gasteiger partial charge in [-0.3, -0.25) is 14.9 Å². The molecule has 25 heavy (non-hydrogen) atoms. The first-order valence-corrected chi connectivity index (χ1v) is 8.72. The first-order valence-electron chi connectivity index (χ1n) is 8.34. The van der Waals surface area contributed by atoms with Crippen molar-refractivity contribution < 1.29 is 14.4 Å². The third-order valence-electron chi connectivity index (χ3n) is 4.62. The molecule has 0 aliphatic carbocycles. The summed E-state index contributed by atoms with van der Waals surface area (Å²) in [4.78, 5) is 39.6. The van der Waals surface area contributed by atoms with E-state index >= 15 is 0 Å². The average molecular weight is 365 g/mol. The fourth-order valence-electron chi connectivity index (χ4n) is 3.23. The first-order chi connectivity index (χ1) is 11.9. The minimum Gasteiger partial charge on any atom is -0.368 e. The molecule has 1 aromatic carbocycles. The van der Waals surface area contributed by atoms with E-state index in [2.05, 4.69) is 15.5 Å². The second kappa shape index (κ2) is 7.31. The van der Waals surface area contributed by atoms with Crippen molar-refractivity contribution in [3.63, 3.8) is 0 Å². The number of hydrogen-bond donors (Lipinski definition) is 2. The average Bonchev–Trinajstić information content (AvgIpc) is 2.77. The molecule has 1 aromatic rings. The van der Waals surface area contributed by atoms with Crippen molar-refractivity contribution in [1.29, 1.82) is 0 Å². The van der Waals surface area contributed by atoms with Gasteiger partial charge in [0.05, 0.1) is 0 Å². The molecule has 2 fully saturated rings. The molecule has 8 heteroatoms. The molecule has 0 spiro atoms. The van der Waals surface area contributed by atoms with Gasteiger partial charge in [-0.1, -0.05) is 17.7 Å². The Morgan fingerprint density at radius 1 is 1.20 bits per heavy atom. The van der Waals surface area contributed by atoms with Crippen LogP contribution in [0.4, 0.5) is 10.5 Å². The largest absolute Gasteiger partial charge is 0.368 e. The quantitative estimate of drug-likeness (QED) is 0.828. The molecule has 4 amide bonds. The Kier molecular flexibility index (Phi) is 5.13. The van der Waals surface area contributed by atoms with E-state index in [9.17, 15) is 14.4 Å². The predicted octanol–water partition coefficient (Wildman–Crippen LogP) is 1.29. The SMILES string of the molecule is Cc1ccc(Cl)cc1N1CCN(C(=O)[C@H]2CCC(=O)NC(=O)N2)CC1. The molecule has 0 radical (unpaired) electrons. The second-order valence-electron chi connectivity index (χ2n) is 6.36. The molecule has 2 N–H and O–H groups in total. The van der Waals surface area contributed by atoms with Gasteiger partial charge in [-0.25, -0.2) is 4.79 Å². The molecule has 7 nitrogen and oxygen atoms in total. The highest BCUT2D eigenvalue weighted by molar-refractivity contribution is 6.30. The number of imide groups is 1. The van der Waals surface area contributed by atoms with Gasteiger partial charge in [0.2, 0.25) is 11.8 Å². The van der Waals surface area contributed by atoms with Crippen LogP contribution in [0.5, 0.6) is 0 Å². The number of hydrogen-bond acceptors (Lipinski definition) is 4. The third kappa shape index (κ3) is 4.04. The number of nitrogens with one attached hydrogen (secondary N) is 2. The van der Waals surface area contributed by atoms with E-state index in [0.717, 1.165) is 11.3 Å². The van der Waals surface area contributed by atoms with Crippen LogP contribution in [-0.4, -0.2) is 55.0 Å². The highest BCUT2D eigenvalue weighted by Gasteiger charge is 2.31. The fraction of sp³-hybridized carbons (Fsp3) is 0.471. The number of rotatable bonds is 2. The van der Waals surface area contributed by atoms with Crippen LogP contribution >= 0.6 is 11.6 Å². The second-order valence-corrected chi connectivity index (χ2v) is 6.79. The van der Waals surface area contributed by atoms with Crippen molar-refractivity contribution in [3.05, 3.63) is 28.8 Å². The molecular formula is C17H21ClN4O3. The van der Waals surface area contributed by atoms with Gasteiger partial charge in [0, 0.05) is 43.3 Å². The van der Waals surface area contributed by atoms with Crippen LogP contribution in [-0.2, 0) is 9.59 Å². The van der Waals surface area contributed by atoms with Crippen LogP contribution in [0.3, 0.4) is 0 Å². The molecule has 2 aliphatic heterocycles. The van der Waals surface area contributed by atoms with Crippen molar-refractivity contribution in [2.75, 3.05) is 31.1 Å². The van der Waals surface area contributed by atoms with Crippen molar-refractivity contribution in [2.24, 2.45) is 0 Å². The van der Waals surface area contributed by atoms with E-state index in [-0.39, 0.29) is 18.2 Å². The minimum atomic E-state index is -0.647. The summed E-state index contributed by atoms with van der Waals surface area (Å²) >= 11 is 6.09. The van der Waals surface area contributed by atoms with E-state index < -0.39 is 12.1 Å². The number of carbonyl (C=O) groups is 3. The normalized spacial score (nSPS) is 21.4. The number of halogens is 1. The van der Waals surface area contributed by atoms with Crippen LogP contribution in [0.1, 0.15) is 18.4 Å². The lowest BCUT2D eigenvalue weighted by atomic mass is 10.1. The van der Waals surface area contributed by atoms with Gasteiger partial charge in [0.15, 0.2) is 0 Å². The summed E-state index contributed by atoms with van der Waals surface area (Å²) < 4.78 is 0. The smallest absolute Gasteiger partial charge is 0.322 e. The lowest BCUT2D eigenvalue weighted by molar-refractivity contribution is -0.133. The fourth-order valence-corrected chi connectivity index (χ4v) is 3.39. The van der Waals surface area contributed by atoms with E-state index in [1.54, 1.807) is 4.90 Å². The number of nitrogens with zero attached hydrogens (tertiary/aromatic N) is 2. The number of aryl methyl sites for hydroxylation is 1. The van der Waals surface area contributed by atoms with Crippen LogP contribution in [0, 0.1) is 6.92 Å². The van der Waals surface area contributed by atoms with E-state index in [0.29, 0.717) is 37.6 Å². The molecule has 2 heterocycles. The van der Waals surface area contributed by atoms with Crippen LogP contribution in [0.2, 0.25) is 5.02 Å². The number of piperazine rings is 1. The van der Waals surface area contributed by atoms with Gasteiger partial charge in [0.1, 0.15) is 6.04 Å². The molecule has 0 saturated carbocycles. The standard InChI is InChI=1S/C17H21ClN4O3/c1-11-2-3-12(18)10-14(11)21-6-8-22(9-7-21)16(24)13-4-5-15(23)20-17(25)19-13/h2-3,10,13H,4-9H2,1H3,(H2,19,20,23,25)/t13-/m1/s1. The zero-order valence-electron chi connectivity index (χ0n) is 14.0. The number of urea groups is 1. The zero-order valence-corrected chi connectivity index (χ0v) is 14.8. The van der Waals surface area contributed by atoms with Crippen LogP contribution < -0.4 is 15.5 Å². The highest BCUT2D eigenvalue weighted by Crippen LogP contribution is 2.25. The van der Waals surface area contributed by atoms with Gasteiger partial charge < -0.3 is 15.1 Å². The summed E-state index contributed by atoms with van der Waals surface area (Å²) in [6.45, 7) is 4.57. The van der Waals surface area contributed by atoms with Crippen molar-refractivity contribution in [1.82, 2.24) is 15.5 Å². The van der Waals surface area contributed by atoms with E-state index in [1.165, 1.54) is 0 Å². The van der Waals surface area contributed by atoms with Gasteiger partial charge in [-0.2, -0.15) is 0 Å². The Labute approximate surface area is 151 Å². The predicted molar refractivity (Wildman–Crippen MR) is 94.7 cm³/mol. The molecule has 0 bridgehead atoms. The van der Waals surface area contributed by atoms with Crippen LogP contribution in [0.25, 0.3) is 0 Å². The topological polar surface area (TPSA) is 81.8 Å². The molecule has 3 rings (SSSR count). The van der Waals surface area contributed by atoms with Gasteiger partial charge in [-0.15, -0.1) is 0 Å². The van der Waals surface area contributed by atoms with Crippen molar-refractivity contribution in [3.8, 4) is 0 Å². The highest BCUT2D eigenvalue weighted by atomic mass is 35.5. The number of benzene rings is 1. The molecule has 1 atom stereocenters. The van der Waals surface area contributed by atoms with Crippen molar-refractivity contribution in [2.45, 2.75) is 25.8 Å². The van der Waals surface area contributed by atoms with Crippen molar-refractivity contribution >= 4 is 35.1 Å². The van der Waals surface area contributed by atoms with E-state index in [1.807, 2.05) is 25.1 Å². The Bertz CT molecular complexity index is 701. The van der Waals surface area contributed by atoms with E-state index in [4.69, 9.17) is 11.6 Å². The van der Waals surface area contributed by atoms with Crippen LogP contribution in [0.15, 0.2) is 18.2 Å². The Morgan fingerprint density at radius 2 is 1.92 bits per heavy atom. The third-order valence-corrected chi connectivity index (χ3v) is 4.85. The summed E-state index contributed by atoms with van der Waals surface area (Å²) in [7, 11) is 0. The number of anilines is 1. The Balaban J connectivity index is 1.61. The summed E-state index contributed by atoms with van der Waals surface area (Å²) in [6, 6.07) is 4.54. The summed E-state index contributed by atoms with van der Waals surface area (Å²) in [5.74, 6) is -0.485. The molecule has 0 unspecified atom stereocenters. The lowest BCUT2D eigenvalue weighted by Gasteiger charge is -2.38. The molecule has 2 aliphatic rings. The van der Waals surface area contributed by atoms with Gasteiger partial charge in [0.25, 0.3) is 0 Å².